The summed E-state index contributed by atoms with van der Waals surface area (Å²) in [5, 5.41) is 0. The van der Waals surface area contributed by atoms with Crippen molar-refractivity contribution < 1.29 is 23.0 Å². The minimum absolute atomic E-state index is 0.0873. The molecule has 0 radical (unpaired) electrons. The molecular formula is C21H18F2N2O3. The van der Waals surface area contributed by atoms with Crippen molar-refractivity contribution in [1.29, 1.82) is 0 Å². The Balaban J connectivity index is 1.58. The number of carbonyl (C=O) groups excluding carboxylic acids is 1. The van der Waals surface area contributed by atoms with Crippen LogP contribution in [0.2, 0.25) is 0 Å². The number of pyridine rings is 1. The fourth-order valence-corrected chi connectivity index (χ4v) is 3.68. The third kappa shape index (κ3) is 3.37. The lowest BCUT2D eigenvalue weighted by Gasteiger charge is -2.28. The average molecular weight is 384 g/mol. The number of likely N-dealkylation sites (tertiary alicyclic amines) is 1. The van der Waals surface area contributed by atoms with Crippen LogP contribution in [-0.2, 0) is 16.1 Å². The maximum Gasteiger partial charge on any atom is 0.157 e. The van der Waals surface area contributed by atoms with E-state index in [0.717, 1.165) is 6.20 Å². The molecule has 3 heterocycles. The first-order valence-electron chi connectivity index (χ1n) is 8.84. The zero-order chi connectivity index (χ0) is 19.8. The zero-order valence-electron chi connectivity index (χ0n) is 15.4. The van der Waals surface area contributed by atoms with Crippen LogP contribution in [0.3, 0.4) is 0 Å². The number of methoxy groups -OCH3 is 1. The molecule has 2 fully saturated rings. The van der Waals surface area contributed by atoms with Crippen molar-refractivity contribution in [3.63, 3.8) is 0 Å². The Bertz CT molecular complexity index is 982. The van der Waals surface area contributed by atoms with Gasteiger partial charge in [-0.05, 0) is 31.2 Å². The lowest BCUT2D eigenvalue weighted by molar-refractivity contribution is -0.123. The van der Waals surface area contributed by atoms with Gasteiger partial charge in [0.1, 0.15) is 29.7 Å². The summed E-state index contributed by atoms with van der Waals surface area (Å²) in [6.07, 6.45) is 0.373. The Morgan fingerprint density at radius 1 is 1.36 bits per heavy atom. The minimum Gasteiger partial charge on any atom is -0.496 e. The highest BCUT2D eigenvalue weighted by atomic mass is 19.1. The number of Topliss-reactive ketones (excluding diaryl/α,β-unsaturated/α-hetero) is 1. The van der Waals surface area contributed by atoms with Crippen molar-refractivity contribution in [2.45, 2.75) is 31.7 Å². The van der Waals surface area contributed by atoms with Crippen LogP contribution in [0.4, 0.5) is 8.78 Å². The molecule has 2 saturated heterocycles. The SMILES string of the molecule is CC#Cc1cc(F)c(C2C(=O)CN(Cc3ccc(F)cn3)C3OC23)c(OC)c1. The summed E-state index contributed by atoms with van der Waals surface area (Å²) in [7, 11) is 1.44. The van der Waals surface area contributed by atoms with E-state index >= 15 is 0 Å². The van der Waals surface area contributed by atoms with Gasteiger partial charge in [0.2, 0.25) is 0 Å². The third-order valence-electron chi connectivity index (χ3n) is 4.94. The van der Waals surface area contributed by atoms with Gasteiger partial charge in [-0.3, -0.25) is 14.7 Å². The van der Waals surface area contributed by atoms with Gasteiger partial charge in [-0.25, -0.2) is 8.78 Å². The van der Waals surface area contributed by atoms with Gasteiger partial charge in [0.15, 0.2) is 5.78 Å². The van der Waals surface area contributed by atoms with E-state index < -0.39 is 23.7 Å². The molecule has 2 aliphatic rings. The van der Waals surface area contributed by atoms with Crippen molar-refractivity contribution in [2.75, 3.05) is 13.7 Å². The number of nitrogens with zero attached hydrogens (tertiary/aromatic N) is 2. The van der Waals surface area contributed by atoms with Gasteiger partial charge in [0.25, 0.3) is 0 Å². The highest BCUT2D eigenvalue weighted by Gasteiger charge is 2.57. The monoisotopic (exact) mass is 384 g/mol. The summed E-state index contributed by atoms with van der Waals surface area (Å²) < 4.78 is 38.9. The number of piperidine rings is 1. The quantitative estimate of drug-likeness (QED) is 0.599. The molecule has 2 aliphatic heterocycles. The van der Waals surface area contributed by atoms with Gasteiger partial charge in [0, 0.05) is 17.7 Å². The molecule has 1 aromatic carbocycles. The molecule has 0 amide bonds. The summed E-state index contributed by atoms with van der Waals surface area (Å²) in [6.45, 7) is 2.10. The molecule has 28 heavy (non-hydrogen) atoms. The van der Waals surface area contributed by atoms with E-state index in [1.165, 1.54) is 19.2 Å². The number of carbonyl (C=O) groups is 1. The second-order valence-corrected chi connectivity index (χ2v) is 6.76. The number of hydrogen-bond donors (Lipinski definition) is 0. The van der Waals surface area contributed by atoms with Gasteiger partial charge in [-0.15, -0.1) is 5.92 Å². The molecule has 0 aliphatic carbocycles. The van der Waals surface area contributed by atoms with E-state index in [4.69, 9.17) is 9.47 Å². The van der Waals surface area contributed by atoms with Crippen molar-refractivity contribution in [2.24, 2.45) is 0 Å². The fourth-order valence-electron chi connectivity index (χ4n) is 3.68. The van der Waals surface area contributed by atoms with Crippen LogP contribution in [0.5, 0.6) is 5.75 Å². The maximum atomic E-state index is 14.8. The molecule has 7 heteroatoms. The third-order valence-corrected chi connectivity index (χ3v) is 4.94. The number of ether oxygens (including phenoxy) is 2. The summed E-state index contributed by atoms with van der Waals surface area (Å²) in [6, 6.07) is 5.84. The lowest BCUT2D eigenvalue weighted by atomic mass is 9.86. The van der Waals surface area contributed by atoms with Gasteiger partial charge in [-0.1, -0.05) is 5.92 Å². The molecule has 144 valence electrons. The second-order valence-electron chi connectivity index (χ2n) is 6.76. The Morgan fingerprint density at radius 2 is 2.18 bits per heavy atom. The molecule has 3 atom stereocenters. The van der Waals surface area contributed by atoms with Gasteiger partial charge in [0.05, 0.1) is 31.5 Å². The molecule has 0 spiro atoms. The van der Waals surface area contributed by atoms with E-state index in [0.29, 0.717) is 23.6 Å². The zero-order valence-corrected chi connectivity index (χ0v) is 15.4. The fraction of sp³-hybridized carbons (Fsp3) is 0.333. The largest absolute Gasteiger partial charge is 0.496 e. The highest BCUT2D eigenvalue weighted by molar-refractivity contribution is 5.90. The normalized spacial score (nSPS) is 23.6. The number of epoxide rings is 1. The first-order valence-corrected chi connectivity index (χ1v) is 8.84. The maximum absolute atomic E-state index is 14.8. The number of hydrogen-bond acceptors (Lipinski definition) is 5. The molecule has 0 saturated carbocycles. The van der Waals surface area contributed by atoms with Crippen LogP contribution in [0, 0.1) is 23.5 Å². The van der Waals surface area contributed by atoms with Crippen LogP contribution < -0.4 is 4.74 Å². The van der Waals surface area contributed by atoms with Crippen LogP contribution in [0.15, 0.2) is 30.5 Å². The van der Waals surface area contributed by atoms with E-state index in [1.807, 2.05) is 4.90 Å². The van der Waals surface area contributed by atoms with Crippen molar-refractivity contribution >= 4 is 5.78 Å². The van der Waals surface area contributed by atoms with Gasteiger partial charge >= 0.3 is 0 Å². The van der Waals surface area contributed by atoms with Crippen LogP contribution in [0.25, 0.3) is 0 Å². The Labute approximate surface area is 161 Å². The number of ketones is 1. The number of fused-ring (bicyclic) bond motifs is 1. The lowest BCUT2D eigenvalue weighted by Crippen LogP contribution is -2.42. The predicted octanol–water partition coefficient (Wildman–Crippen LogP) is 2.63. The van der Waals surface area contributed by atoms with E-state index in [2.05, 4.69) is 16.8 Å². The molecule has 0 bridgehead atoms. The van der Waals surface area contributed by atoms with Gasteiger partial charge < -0.3 is 9.47 Å². The van der Waals surface area contributed by atoms with Crippen LogP contribution >= 0.6 is 0 Å². The van der Waals surface area contributed by atoms with E-state index in [-0.39, 0.29) is 24.1 Å². The van der Waals surface area contributed by atoms with Crippen molar-refractivity contribution in [3.8, 4) is 17.6 Å². The molecule has 4 rings (SSSR count). The summed E-state index contributed by atoms with van der Waals surface area (Å²) >= 11 is 0. The summed E-state index contributed by atoms with van der Waals surface area (Å²) in [4.78, 5) is 18.7. The smallest absolute Gasteiger partial charge is 0.157 e. The van der Waals surface area contributed by atoms with Crippen LogP contribution in [0.1, 0.15) is 29.7 Å². The average Bonchev–Trinajstić information content (AvgIpc) is 3.45. The summed E-state index contributed by atoms with van der Waals surface area (Å²) in [5.74, 6) is 3.96. The molecule has 2 aromatic rings. The first-order chi connectivity index (χ1) is 13.5. The second kappa shape index (κ2) is 7.30. The Kier molecular flexibility index (Phi) is 4.84. The molecule has 3 unspecified atom stereocenters. The first kappa shape index (κ1) is 18.5. The predicted molar refractivity (Wildman–Crippen MR) is 96.5 cm³/mol. The molecule has 1 aromatic heterocycles. The summed E-state index contributed by atoms with van der Waals surface area (Å²) in [5.41, 5.74) is 1.33. The van der Waals surface area contributed by atoms with Crippen molar-refractivity contribution in [1.82, 2.24) is 9.88 Å². The Morgan fingerprint density at radius 3 is 2.86 bits per heavy atom. The molecular weight excluding hydrogens is 366 g/mol. The Hall–Kier alpha value is -2.82. The van der Waals surface area contributed by atoms with Crippen molar-refractivity contribution in [3.05, 3.63) is 58.9 Å². The molecule has 0 N–H and O–H groups in total. The van der Waals surface area contributed by atoms with E-state index in [1.54, 1.807) is 19.1 Å². The van der Waals surface area contributed by atoms with Crippen LogP contribution in [-0.4, -0.2) is 41.7 Å². The van der Waals surface area contributed by atoms with E-state index in [9.17, 15) is 13.6 Å². The highest BCUT2D eigenvalue weighted by Crippen LogP contribution is 2.46. The number of benzene rings is 1. The number of rotatable bonds is 4. The number of aromatic nitrogens is 1. The standard InChI is InChI=1S/C21H18F2N2O3/c1-3-4-12-7-15(23)18(17(8-12)27-2)19-16(26)11-25(21-20(19)28-21)10-14-6-5-13(22)9-24-14/h5-9,19-21H,10-11H2,1-2H3. The topological polar surface area (TPSA) is 55.0 Å². The molecule has 5 nitrogen and oxygen atoms in total. The number of halogens is 2. The minimum atomic E-state index is -0.735. The van der Waals surface area contributed by atoms with Gasteiger partial charge in [-0.2, -0.15) is 0 Å².